The van der Waals surface area contributed by atoms with Gasteiger partial charge in [-0.15, -0.1) is 59.0 Å². The number of benzene rings is 1. The van der Waals surface area contributed by atoms with Crippen LogP contribution in [0.1, 0.15) is 39.5 Å². The predicted molar refractivity (Wildman–Crippen MR) is 130 cm³/mol. The molecule has 0 saturated heterocycles. The molecule has 26 heavy (non-hydrogen) atoms. The Bertz CT molecular complexity index is 548. The summed E-state index contributed by atoms with van der Waals surface area (Å²) < 4.78 is 0. The summed E-state index contributed by atoms with van der Waals surface area (Å²) in [5.74, 6) is 0. The van der Waals surface area contributed by atoms with Crippen LogP contribution in [0.15, 0.2) is 49.1 Å². The molecule has 8 heteroatoms. The Morgan fingerprint density at radius 2 is 1.19 bits per heavy atom. The Morgan fingerprint density at radius 3 is 1.62 bits per heavy atom. The van der Waals surface area contributed by atoms with Crippen molar-refractivity contribution in [2.45, 2.75) is 39.5 Å². The molecule has 1 aromatic rings. The van der Waals surface area contributed by atoms with Crippen molar-refractivity contribution in [1.29, 1.82) is 0 Å². The van der Waals surface area contributed by atoms with Gasteiger partial charge in [0.1, 0.15) is 0 Å². The first kappa shape index (κ1) is 23.3. The van der Waals surface area contributed by atoms with Crippen LogP contribution in [0.2, 0.25) is 0 Å². The first-order valence-electron chi connectivity index (χ1n) is 8.91. The van der Waals surface area contributed by atoms with Gasteiger partial charge in [0, 0.05) is 37.9 Å². The molecule has 0 amide bonds. The van der Waals surface area contributed by atoms with Crippen LogP contribution in [0, 0.1) is 0 Å². The van der Waals surface area contributed by atoms with Crippen molar-refractivity contribution in [3.8, 4) is 0 Å². The van der Waals surface area contributed by atoms with Crippen LogP contribution in [-0.2, 0) is 0 Å². The summed E-state index contributed by atoms with van der Waals surface area (Å²) in [6.07, 6.45) is 13.1. The second-order valence-electron chi connectivity index (χ2n) is 6.15. The van der Waals surface area contributed by atoms with Crippen LogP contribution in [-0.4, -0.2) is 23.1 Å². The number of nitrogens with one attached hydrogen (secondary N) is 2. The van der Waals surface area contributed by atoms with E-state index in [1.54, 1.807) is 0 Å². The molecular weight excluding hydrogens is 554 g/mol. The highest BCUT2D eigenvalue weighted by Crippen LogP contribution is 2.24. The van der Waals surface area contributed by atoms with Crippen LogP contribution < -0.4 is 21.1 Å². The third-order valence-electron chi connectivity index (χ3n) is 4.15. The van der Waals surface area contributed by atoms with Gasteiger partial charge in [0.2, 0.25) is 0 Å². The monoisotopic (exact) mass is 584 g/mol. The quantitative estimate of drug-likeness (QED) is 0.438. The number of unbranched alkanes of at least 4 members (excludes halogenated alkanes) is 2. The highest BCUT2D eigenvalue weighted by atomic mass is 127. The zero-order valence-electron chi connectivity index (χ0n) is 15.5. The zero-order chi connectivity index (χ0) is 16.8. The molecule has 146 valence electrons. The number of hydrogen-bond donors (Lipinski definition) is 2. The average molecular weight is 584 g/mol. The molecule has 3 rings (SSSR count). The van der Waals surface area contributed by atoms with Crippen molar-refractivity contribution in [2.24, 2.45) is 0 Å². The van der Waals surface area contributed by atoms with Gasteiger partial charge in [-0.1, -0.05) is 32.8 Å². The maximum atomic E-state index is 3.38. The molecule has 2 aliphatic rings. The molecule has 0 bridgehead atoms. The minimum absolute atomic E-state index is 0. The molecule has 0 aliphatic carbocycles. The van der Waals surface area contributed by atoms with E-state index in [4.69, 9.17) is 0 Å². The Hall–Kier alpha value is -0.720. The predicted octanol–water partition coefficient (Wildman–Crippen LogP) is 4.55. The van der Waals surface area contributed by atoms with Crippen molar-refractivity contribution >= 4 is 59.3 Å². The van der Waals surface area contributed by atoms with Crippen molar-refractivity contribution in [3.05, 3.63) is 49.1 Å². The van der Waals surface area contributed by atoms with Gasteiger partial charge in [-0.25, -0.2) is 0 Å². The first-order chi connectivity index (χ1) is 11.8. The normalized spacial score (nSPS) is 15.5. The van der Waals surface area contributed by atoms with Crippen LogP contribution >= 0.6 is 48.0 Å². The number of anilines is 2. The summed E-state index contributed by atoms with van der Waals surface area (Å²) in [5.41, 5.74) is 9.00. The molecule has 0 spiro atoms. The summed E-state index contributed by atoms with van der Waals surface area (Å²) in [4.78, 5) is 0. The third kappa shape index (κ3) is 6.17. The standard InChI is InChI=1S/C18H28N6.2HI/c1-3-5-10-21-12-14-23(19-21)17-8-7-9-18(16-17)24-15-13-22(20-24)11-6-4-2;;/h7-9,12-16,19-20H,3-6,10-11H2,1-2H3;2*1H. The van der Waals surface area contributed by atoms with Gasteiger partial charge in [0.05, 0.1) is 11.4 Å². The van der Waals surface area contributed by atoms with Crippen molar-refractivity contribution < 1.29 is 0 Å². The van der Waals surface area contributed by atoms with Crippen molar-refractivity contribution in [3.63, 3.8) is 0 Å². The molecule has 0 fully saturated rings. The molecule has 1 aromatic carbocycles. The summed E-state index contributed by atoms with van der Waals surface area (Å²) in [5, 5.41) is 8.34. The van der Waals surface area contributed by atoms with E-state index < -0.39 is 0 Å². The van der Waals surface area contributed by atoms with Gasteiger partial charge in [0.25, 0.3) is 0 Å². The smallest absolute Gasteiger partial charge is 0.0610 e. The highest BCUT2D eigenvalue weighted by Gasteiger charge is 2.16. The van der Waals surface area contributed by atoms with E-state index in [0.717, 1.165) is 24.5 Å². The van der Waals surface area contributed by atoms with E-state index in [-0.39, 0.29) is 48.0 Å². The number of hydrazine groups is 4. The Kier molecular flexibility index (Phi) is 10.7. The van der Waals surface area contributed by atoms with Gasteiger partial charge < -0.3 is 0 Å². The van der Waals surface area contributed by atoms with Gasteiger partial charge in [-0.3, -0.25) is 20.0 Å². The summed E-state index contributed by atoms with van der Waals surface area (Å²) in [7, 11) is 0. The van der Waals surface area contributed by atoms with E-state index in [2.05, 4.69) is 84.0 Å². The molecular formula is C18H30I2N6. The Balaban J connectivity index is 0.00000169. The molecule has 2 aliphatic heterocycles. The fraction of sp³-hybridized carbons (Fsp3) is 0.444. The summed E-state index contributed by atoms with van der Waals surface area (Å²) >= 11 is 0. The highest BCUT2D eigenvalue weighted by molar-refractivity contribution is 14.0. The van der Waals surface area contributed by atoms with Gasteiger partial charge in [-0.05, 0) is 31.0 Å². The lowest BCUT2D eigenvalue weighted by Crippen LogP contribution is -2.40. The molecule has 2 N–H and O–H groups in total. The largest absolute Gasteiger partial charge is 0.296 e. The van der Waals surface area contributed by atoms with Crippen LogP contribution in [0.25, 0.3) is 0 Å². The molecule has 2 heterocycles. The van der Waals surface area contributed by atoms with Crippen molar-refractivity contribution in [2.75, 3.05) is 23.1 Å². The minimum Gasteiger partial charge on any atom is -0.296 e. The van der Waals surface area contributed by atoms with Crippen LogP contribution in [0.3, 0.4) is 0 Å². The van der Waals surface area contributed by atoms with Crippen LogP contribution in [0.5, 0.6) is 0 Å². The second-order valence-corrected chi connectivity index (χ2v) is 6.15. The van der Waals surface area contributed by atoms with E-state index in [1.165, 1.54) is 25.7 Å². The second kappa shape index (κ2) is 11.9. The van der Waals surface area contributed by atoms with Gasteiger partial charge in [-0.2, -0.15) is 0 Å². The molecule has 6 nitrogen and oxygen atoms in total. The number of hydrogen-bond acceptors (Lipinski definition) is 6. The molecule has 0 atom stereocenters. The number of nitrogens with zero attached hydrogens (tertiary/aromatic N) is 4. The fourth-order valence-electron chi connectivity index (χ4n) is 2.69. The summed E-state index contributed by atoms with van der Waals surface area (Å²) in [6.45, 7) is 6.46. The summed E-state index contributed by atoms with van der Waals surface area (Å²) in [6, 6.07) is 8.47. The number of rotatable bonds is 8. The SMILES string of the molecule is CCCCN1C=CN(c2cccc(N3C=CN(CCCC)N3)c2)N1.I.I. The lowest BCUT2D eigenvalue weighted by Gasteiger charge is -2.25. The maximum Gasteiger partial charge on any atom is 0.0610 e. The molecule has 0 radical (unpaired) electrons. The lowest BCUT2D eigenvalue weighted by atomic mass is 10.2. The minimum atomic E-state index is 0. The van der Waals surface area contributed by atoms with Crippen LogP contribution in [0.4, 0.5) is 11.4 Å². The van der Waals surface area contributed by atoms with E-state index >= 15 is 0 Å². The van der Waals surface area contributed by atoms with Gasteiger partial charge in [0.15, 0.2) is 0 Å². The van der Waals surface area contributed by atoms with E-state index in [9.17, 15) is 0 Å². The molecule has 0 aromatic heterocycles. The first-order valence-corrected chi connectivity index (χ1v) is 8.91. The van der Waals surface area contributed by atoms with E-state index in [1.807, 2.05) is 10.0 Å². The Labute approximate surface area is 191 Å². The third-order valence-corrected chi connectivity index (χ3v) is 4.15. The van der Waals surface area contributed by atoms with Crippen molar-refractivity contribution in [1.82, 2.24) is 21.1 Å². The van der Waals surface area contributed by atoms with Gasteiger partial charge >= 0.3 is 0 Å². The zero-order valence-corrected chi connectivity index (χ0v) is 20.1. The molecule has 0 saturated carbocycles. The molecule has 0 unspecified atom stereocenters. The topological polar surface area (TPSA) is 37.0 Å². The lowest BCUT2D eigenvalue weighted by molar-refractivity contribution is 0.289. The average Bonchev–Trinajstić information content (AvgIpc) is 3.28. The maximum absolute atomic E-state index is 3.38. The fourth-order valence-corrected chi connectivity index (χ4v) is 2.69. The number of halogens is 2. The Morgan fingerprint density at radius 1 is 0.731 bits per heavy atom. The van der Waals surface area contributed by atoms with E-state index in [0.29, 0.717) is 0 Å².